The lowest BCUT2D eigenvalue weighted by atomic mass is 10.3. The molecular formula is C12H11Cl4N6O2+. The molecular weight excluding hydrogens is 402 g/mol. The first-order valence-corrected chi connectivity index (χ1v) is 7.82. The largest absolute Gasteiger partial charge is 0.394 e. The SMILES string of the molecule is CNc1cc(Cl)[n+](N(C)c2cc(Cl)nc(Cl)c2N)c(Cl)c1[N+](=O)[O-]. The molecule has 0 saturated carbocycles. The molecule has 0 aliphatic heterocycles. The van der Waals surface area contributed by atoms with Gasteiger partial charge in [0.15, 0.2) is 5.15 Å². The number of aromatic nitrogens is 2. The van der Waals surface area contributed by atoms with E-state index in [-0.39, 0.29) is 37.7 Å². The van der Waals surface area contributed by atoms with E-state index >= 15 is 0 Å². The monoisotopic (exact) mass is 411 g/mol. The van der Waals surface area contributed by atoms with Crippen molar-refractivity contribution in [1.82, 2.24) is 4.98 Å². The normalized spacial score (nSPS) is 10.6. The maximum Gasteiger partial charge on any atom is 0.386 e. The summed E-state index contributed by atoms with van der Waals surface area (Å²) in [6.45, 7) is 0. The molecule has 0 spiro atoms. The van der Waals surface area contributed by atoms with Crippen molar-refractivity contribution in [2.45, 2.75) is 0 Å². The highest BCUT2D eigenvalue weighted by molar-refractivity contribution is 6.35. The van der Waals surface area contributed by atoms with Crippen molar-refractivity contribution >= 4 is 69.2 Å². The number of anilines is 3. The van der Waals surface area contributed by atoms with Crippen LogP contribution >= 0.6 is 46.4 Å². The average molecular weight is 413 g/mol. The standard InChI is InChI=1S/C12H10Cl4N6O2/c1-18-5-3-8(14)21(12(16)10(5)22(23)24)20(2)6-4-7(13)19-11(15)9(6)17/h3-4H,17H2,1-2H3/p+1. The zero-order valence-corrected chi connectivity index (χ0v) is 15.4. The maximum absolute atomic E-state index is 11.3. The van der Waals surface area contributed by atoms with Crippen LogP contribution in [0.2, 0.25) is 20.6 Å². The van der Waals surface area contributed by atoms with Crippen LogP contribution in [-0.4, -0.2) is 24.0 Å². The van der Waals surface area contributed by atoms with Crippen LogP contribution in [0.4, 0.5) is 22.7 Å². The van der Waals surface area contributed by atoms with Gasteiger partial charge in [-0.1, -0.05) is 23.2 Å². The quantitative estimate of drug-likeness (QED) is 0.345. The molecule has 2 rings (SSSR count). The molecule has 24 heavy (non-hydrogen) atoms. The van der Waals surface area contributed by atoms with E-state index in [1.807, 2.05) is 0 Å². The van der Waals surface area contributed by atoms with Gasteiger partial charge in [-0.2, -0.15) is 0 Å². The molecule has 8 nitrogen and oxygen atoms in total. The van der Waals surface area contributed by atoms with Gasteiger partial charge in [-0.3, -0.25) is 10.1 Å². The van der Waals surface area contributed by atoms with E-state index in [2.05, 4.69) is 10.3 Å². The van der Waals surface area contributed by atoms with Crippen LogP contribution in [0.15, 0.2) is 12.1 Å². The second-order valence-corrected chi connectivity index (χ2v) is 6.02. The second-order valence-electron chi connectivity index (χ2n) is 4.53. The Bertz CT molecular complexity index is 832. The topological polar surface area (TPSA) is 101 Å². The third kappa shape index (κ3) is 3.23. The van der Waals surface area contributed by atoms with Gasteiger partial charge in [-0.25, -0.2) is 4.98 Å². The molecule has 0 saturated heterocycles. The van der Waals surface area contributed by atoms with Crippen molar-refractivity contribution in [1.29, 1.82) is 0 Å². The number of halogens is 4. The van der Waals surface area contributed by atoms with Gasteiger partial charge in [0.05, 0.1) is 23.7 Å². The lowest BCUT2D eigenvalue weighted by Gasteiger charge is -2.17. The smallest absolute Gasteiger partial charge is 0.386 e. The van der Waals surface area contributed by atoms with Crippen LogP contribution in [0.1, 0.15) is 0 Å². The lowest BCUT2D eigenvalue weighted by Crippen LogP contribution is -2.54. The molecule has 0 aliphatic carbocycles. The number of rotatable bonds is 4. The summed E-state index contributed by atoms with van der Waals surface area (Å²) < 4.78 is 1.19. The Morgan fingerprint density at radius 2 is 1.96 bits per heavy atom. The third-order valence-corrected chi connectivity index (χ3v) is 4.25. The van der Waals surface area contributed by atoms with Crippen LogP contribution < -0.4 is 20.7 Å². The Balaban J connectivity index is 2.73. The summed E-state index contributed by atoms with van der Waals surface area (Å²) in [5.74, 6) is 0. The Hall–Kier alpha value is -1.74. The van der Waals surface area contributed by atoms with Gasteiger partial charge in [0.2, 0.25) is 0 Å². The Labute approximate surface area is 156 Å². The van der Waals surface area contributed by atoms with Crippen molar-refractivity contribution in [2.75, 3.05) is 30.2 Å². The molecule has 2 aromatic rings. The Morgan fingerprint density at radius 1 is 1.33 bits per heavy atom. The molecule has 0 unspecified atom stereocenters. The predicted molar refractivity (Wildman–Crippen MR) is 95.3 cm³/mol. The highest BCUT2D eigenvalue weighted by Crippen LogP contribution is 2.35. The molecule has 0 fully saturated rings. The molecule has 0 aliphatic rings. The molecule has 0 radical (unpaired) electrons. The fourth-order valence-electron chi connectivity index (χ4n) is 2.05. The van der Waals surface area contributed by atoms with Gasteiger partial charge in [-0.05, 0) is 27.9 Å². The first-order chi connectivity index (χ1) is 11.2. The van der Waals surface area contributed by atoms with Gasteiger partial charge < -0.3 is 11.1 Å². The number of hydrogen-bond acceptors (Lipinski definition) is 6. The summed E-state index contributed by atoms with van der Waals surface area (Å²) in [4.78, 5) is 14.5. The first-order valence-electron chi connectivity index (χ1n) is 6.30. The Kier molecular flexibility index (Phi) is 5.44. The van der Waals surface area contributed by atoms with Crippen molar-refractivity contribution in [3.63, 3.8) is 0 Å². The summed E-state index contributed by atoms with van der Waals surface area (Å²) in [6.07, 6.45) is 0. The number of nitrogens with one attached hydrogen (secondary N) is 1. The number of nitro groups is 1. The zero-order chi connectivity index (χ0) is 18.2. The van der Waals surface area contributed by atoms with Crippen LogP contribution in [0.3, 0.4) is 0 Å². The summed E-state index contributed by atoms with van der Waals surface area (Å²) in [5, 5.41) is 15.3. The van der Waals surface area contributed by atoms with Crippen LogP contribution in [-0.2, 0) is 0 Å². The van der Waals surface area contributed by atoms with Gasteiger partial charge >= 0.3 is 16.0 Å². The highest BCUT2D eigenvalue weighted by atomic mass is 35.5. The van der Waals surface area contributed by atoms with Crippen LogP contribution in [0, 0.1) is 10.1 Å². The fourth-order valence-corrected chi connectivity index (χ4v) is 3.20. The molecule has 0 atom stereocenters. The highest BCUT2D eigenvalue weighted by Gasteiger charge is 2.35. The average Bonchev–Trinajstić information content (AvgIpc) is 2.49. The number of hydrogen-bond donors (Lipinski definition) is 2. The summed E-state index contributed by atoms with van der Waals surface area (Å²) in [5.41, 5.74) is 6.16. The zero-order valence-electron chi connectivity index (χ0n) is 12.3. The molecule has 2 heterocycles. The second kappa shape index (κ2) is 7.02. The third-order valence-electron chi connectivity index (χ3n) is 3.16. The van der Waals surface area contributed by atoms with E-state index in [0.717, 1.165) is 0 Å². The summed E-state index contributed by atoms with van der Waals surface area (Å²) in [6, 6.07) is 2.79. The van der Waals surface area contributed by atoms with Crippen LogP contribution in [0.5, 0.6) is 0 Å². The van der Waals surface area contributed by atoms with Gasteiger partial charge in [0.25, 0.3) is 0 Å². The molecule has 0 amide bonds. The lowest BCUT2D eigenvalue weighted by molar-refractivity contribution is -0.679. The molecule has 12 heteroatoms. The molecule has 3 N–H and O–H groups in total. The Morgan fingerprint density at radius 3 is 2.50 bits per heavy atom. The van der Waals surface area contributed by atoms with Crippen molar-refractivity contribution < 1.29 is 9.60 Å². The van der Waals surface area contributed by atoms with Crippen molar-refractivity contribution in [3.8, 4) is 0 Å². The first kappa shape index (κ1) is 18.6. The summed E-state index contributed by atoms with van der Waals surface area (Å²) >= 11 is 24.2. The molecule has 0 bridgehead atoms. The van der Waals surface area contributed by atoms with E-state index in [4.69, 9.17) is 52.1 Å². The summed E-state index contributed by atoms with van der Waals surface area (Å²) in [7, 11) is 3.06. The predicted octanol–water partition coefficient (Wildman–Crippen LogP) is 3.41. The van der Waals surface area contributed by atoms with Gasteiger partial charge in [-0.15, -0.1) is 5.01 Å². The number of pyridine rings is 2. The minimum absolute atomic E-state index is 0.0152. The molecule has 128 valence electrons. The number of nitrogens with two attached hydrogens (primary N) is 1. The van der Waals surface area contributed by atoms with Crippen molar-refractivity contribution in [3.05, 3.63) is 42.9 Å². The molecule has 2 aromatic heterocycles. The van der Waals surface area contributed by atoms with E-state index in [0.29, 0.717) is 5.69 Å². The minimum Gasteiger partial charge on any atom is -0.394 e. The van der Waals surface area contributed by atoms with E-state index in [1.165, 1.54) is 28.9 Å². The van der Waals surface area contributed by atoms with E-state index in [1.54, 1.807) is 7.05 Å². The van der Waals surface area contributed by atoms with Gasteiger partial charge in [0, 0.05) is 13.1 Å². The molecule has 0 aromatic carbocycles. The number of nitrogens with zero attached hydrogens (tertiary/aromatic N) is 4. The van der Waals surface area contributed by atoms with E-state index < -0.39 is 4.92 Å². The van der Waals surface area contributed by atoms with Crippen molar-refractivity contribution in [2.24, 2.45) is 0 Å². The van der Waals surface area contributed by atoms with Crippen LogP contribution in [0.25, 0.3) is 0 Å². The minimum atomic E-state index is -0.620. The fraction of sp³-hybridized carbons (Fsp3) is 0.167. The maximum atomic E-state index is 11.3. The number of nitrogen functional groups attached to an aromatic ring is 1. The van der Waals surface area contributed by atoms with E-state index in [9.17, 15) is 10.1 Å². The van der Waals surface area contributed by atoms with Gasteiger partial charge in [0.1, 0.15) is 16.5 Å².